The standard InChI is InChI=1S/C14H6Cl2N2O3/c15-8-3-10-11(4-9(8)16)21-12-2-6(5-17)1-7(14(19)20)13(12)18-10/h1-4,18H,(H,19,20). The summed E-state index contributed by atoms with van der Waals surface area (Å²) < 4.78 is 5.63. The molecule has 0 atom stereocenters. The van der Waals surface area contributed by atoms with E-state index in [9.17, 15) is 9.90 Å². The molecule has 0 aliphatic carbocycles. The average molecular weight is 321 g/mol. The van der Waals surface area contributed by atoms with Crippen molar-refractivity contribution in [3.05, 3.63) is 45.4 Å². The molecule has 2 aromatic carbocycles. The van der Waals surface area contributed by atoms with Gasteiger partial charge in [0.15, 0.2) is 11.5 Å². The number of hydrogen-bond donors (Lipinski definition) is 2. The lowest BCUT2D eigenvalue weighted by molar-refractivity contribution is 0.0697. The Balaban J connectivity index is 2.19. The van der Waals surface area contributed by atoms with Crippen LogP contribution in [0.5, 0.6) is 11.5 Å². The first-order chi connectivity index (χ1) is 9.99. The number of rotatable bonds is 1. The van der Waals surface area contributed by atoms with Crippen molar-refractivity contribution < 1.29 is 14.6 Å². The molecule has 0 saturated carbocycles. The number of carboxylic acid groups (broad SMARTS) is 1. The summed E-state index contributed by atoms with van der Waals surface area (Å²) in [5, 5.41) is 21.8. The molecule has 0 amide bonds. The van der Waals surface area contributed by atoms with Gasteiger partial charge in [0.2, 0.25) is 0 Å². The van der Waals surface area contributed by atoms with E-state index in [1.54, 1.807) is 6.07 Å². The van der Waals surface area contributed by atoms with Crippen LogP contribution in [0, 0.1) is 11.3 Å². The lowest BCUT2D eigenvalue weighted by Gasteiger charge is -2.23. The number of aromatic carboxylic acids is 1. The lowest BCUT2D eigenvalue weighted by atomic mass is 10.1. The lowest BCUT2D eigenvalue weighted by Crippen LogP contribution is -2.09. The highest BCUT2D eigenvalue weighted by atomic mass is 35.5. The maximum atomic E-state index is 11.3. The number of halogens is 2. The smallest absolute Gasteiger partial charge is 0.338 e. The van der Waals surface area contributed by atoms with E-state index in [-0.39, 0.29) is 22.6 Å². The molecule has 104 valence electrons. The Kier molecular flexibility index (Phi) is 3.13. The molecule has 0 fully saturated rings. The van der Waals surface area contributed by atoms with Crippen LogP contribution in [0.1, 0.15) is 15.9 Å². The van der Waals surface area contributed by atoms with Crippen LogP contribution in [-0.2, 0) is 0 Å². The second kappa shape index (κ2) is 4.85. The average Bonchev–Trinajstić information content (AvgIpc) is 2.45. The van der Waals surface area contributed by atoms with Gasteiger partial charge in [-0.1, -0.05) is 23.2 Å². The SMILES string of the molecule is N#Cc1cc2c(c(C(=O)O)c1)Nc1cc(Cl)c(Cl)cc1O2. The molecule has 21 heavy (non-hydrogen) atoms. The summed E-state index contributed by atoms with van der Waals surface area (Å²) in [5.41, 5.74) is 0.911. The number of fused-ring (bicyclic) bond motifs is 2. The highest BCUT2D eigenvalue weighted by molar-refractivity contribution is 6.42. The van der Waals surface area contributed by atoms with Crippen molar-refractivity contribution in [3.63, 3.8) is 0 Å². The minimum atomic E-state index is -1.16. The van der Waals surface area contributed by atoms with E-state index in [1.807, 2.05) is 6.07 Å². The van der Waals surface area contributed by atoms with Crippen LogP contribution in [-0.4, -0.2) is 11.1 Å². The van der Waals surface area contributed by atoms with Crippen molar-refractivity contribution in [1.29, 1.82) is 5.26 Å². The van der Waals surface area contributed by atoms with Crippen LogP contribution < -0.4 is 10.1 Å². The van der Waals surface area contributed by atoms with E-state index >= 15 is 0 Å². The van der Waals surface area contributed by atoms with Gasteiger partial charge < -0.3 is 15.2 Å². The van der Waals surface area contributed by atoms with Crippen LogP contribution in [0.3, 0.4) is 0 Å². The van der Waals surface area contributed by atoms with E-state index in [0.29, 0.717) is 21.5 Å². The summed E-state index contributed by atoms with van der Waals surface area (Å²) in [6.07, 6.45) is 0. The number of carbonyl (C=O) groups is 1. The molecule has 0 radical (unpaired) electrons. The van der Waals surface area contributed by atoms with Gasteiger partial charge in [-0.25, -0.2) is 4.79 Å². The number of anilines is 2. The zero-order valence-corrected chi connectivity index (χ0v) is 11.8. The largest absolute Gasteiger partial charge is 0.478 e. The minimum absolute atomic E-state index is 0.0548. The van der Waals surface area contributed by atoms with Crippen LogP contribution in [0.15, 0.2) is 24.3 Å². The zero-order chi connectivity index (χ0) is 15.1. The molecular formula is C14H6Cl2N2O3. The predicted octanol–water partition coefficient (Wildman–Crippen LogP) is 4.41. The minimum Gasteiger partial charge on any atom is -0.478 e. The van der Waals surface area contributed by atoms with E-state index < -0.39 is 5.97 Å². The molecule has 0 spiro atoms. The fourth-order valence-electron chi connectivity index (χ4n) is 2.02. The van der Waals surface area contributed by atoms with E-state index in [1.165, 1.54) is 18.2 Å². The van der Waals surface area contributed by atoms with Gasteiger partial charge in [0.25, 0.3) is 0 Å². The summed E-state index contributed by atoms with van der Waals surface area (Å²) >= 11 is 11.9. The van der Waals surface area contributed by atoms with Gasteiger partial charge in [0.05, 0.1) is 38.6 Å². The van der Waals surface area contributed by atoms with Crippen molar-refractivity contribution in [2.24, 2.45) is 0 Å². The molecule has 0 aromatic heterocycles. The Labute approximate surface area is 129 Å². The maximum absolute atomic E-state index is 11.3. The second-order valence-electron chi connectivity index (χ2n) is 4.30. The van der Waals surface area contributed by atoms with Gasteiger partial charge in [-0.2, -0.15) is 5.26 Å². The Morgan fingerprint density at radius 2 is 1.90 bits per heavy atom. The molecule has 2 aromatic rings. The van der Waals surface area contributed by atoms with Crippen molar-refractivity contribution in [1.82, 2.24) is 0 Å². The molecule has 7 heteroatoms. The maximum Gasteiger partial charge on any atom is 0.338 e. The van der Waals surface area contributed by atoms with Gasteiger partial charge in [0, 0.05) is 12.1 Å². The first kappa shape index (κ1) is 13.6. The third-order valence-electron chi connectivity index (χ3n) is 2.96. The number of ether oxygens (including phenoxy) is 1. The van der Waals surface area contributed by atoms with Gasteiger partial charge in [-0.05, 0) is 12.1 Å². The van der Waals surface area contributed by atoms with Gasteiger partial charge in [0.1, 0.15) is 0 Å². The quantitative estimate of drug-likeness (QED) is 0.693. The van der Waals surface area contributed by atoms with E-state index in [0.717, 1.165) is 0 Å². The molecule has 1 aliphatic heterocycles. The molecule has 5 nitrogen and oxygen atoms in total. The summed E-state index contributed by atoms with van der Waals surface area (Å²) in [6.45, 7) is 0. The van der Waals surface area contributed by atoms with Crippen molar-refractivity contribution in [2.75, 3.05) is 5.32 Å². The second-order valence-corrected chi connectivity index (χ2v) is 5.12. The molecule has 0 bridgehead atoms. The van der Waals surface area contributed by atoms with Crippen LogP contribution in [0.4, 0.5) is 11.4 Å². The van der Waals surface area contributed by atoms with Crippen molar-refractivity contribution >= 4 is 40.5 Å². The highest BCUT2D eigenvalue weighted by Gasteiger charge is 2.24. The predicted molar refractivity (Wildman–Crippen MR) is 77.9 cm³/mol. The number of benzene rings is 2. The van der Waals surface area contributed by atoms with Gasteiger partial charge in [-0.3, -0.25) is 0 Å². The summed E-state index contributed by atoms with van der Waals surface area (Å²) in [7, 11) is 0. The molecule has 0 unspecified atom stereocenters. The molecule has 1 aliphatic rings. The normalized spacial score (nSPS) is 11.5. The van der Waals surface area contributed by atoms with Crippen molar-refractivity contribution in [3.8, 4) is 17.6 Å². The third kappa shape index (κ3) is 2.25. The fourth-order valence-corrected chi connectivity index (χ4v) is 2.34. The first-order valence-electron chi connectivity index (χ1n) is 5.75. The highest BCUT2D eigenvalue weighted by Crippen LogP contribution is 2.46. The summed E-state index contributed by atoms with van der Waals surface area (Å²) in [4.78, 5) is 11.3. The number of nitrogens with zero attached hydrogens (tertiary/aromatic N) is 1. The Hall–Kier alpha value is -2.42. The Bertz CT molecular complexity index is 828. The zero-order valence-electron chi connectivity index (χ0n) is 10.3. The third-order valence-corrected chi connectivity index (χ3v) is 3.69. The van der Waals surface area contributed by atoms with Crippen LogP contribution >= 0.6 is 23.2 Å². The van der Waals surface area contributed by atoms with Gasteiger partial charge in [-0.15, -0.1) is 0 Å². The van der Waals surface area contributed by atoms with E-state index in [2.05, 4.69) is 5.32 Å². The molecular weight excluding hydrogens is 315 g/mol. The molecule has 1 heterocycles. The number of nitriles is 1. The summed E-state index contributed by atoms with van der Waals surface area (Å²) in [6, 6.07) is 7.71. The molecule has 0 saturated heterocycles. The Morgan fingerprint density at radius 3 is 2.57 bits per heavy atom. The fraction of sp³-hybridized carbons (Fsp3) is 0. The molecule has 3 rings (SSSR count). The molecule has 2 N–H and O–H groups in total. The number of nitrogens with one attached hydrogen (secondary N) is 1. The topological polar surface area (TPSA) is 82.4 Å². The van der Waals surface area contributed by atoms with Gasteiger partial charge >= 0.3 is 5.97 Å². The number of carboxylic acids is 1. The van der Waals surface area contributed by atoms with Crippen molar-refractivity contribution in [2.45, 2.75) is 0 Å². The first-order valence-corrected chi connectivity index (χ1v) is 6.50. The van der Waals surface area contributed by atoms with Crippen LogP contribution in [0.25, 0.3) is 0 Å². The monoisotopic (exact) mass is 320 g/mol. The van der Waals surface area contributed by atoms with Crippen LogP contribution in [0.2, 0.25) is 10.0 Å². The number of hydrogen-bond acceptors (Lipinski definition) is 4. The Morgan fingerprint density at radius 1 is 1.19 bits per heavy atom. The van der Waals surface area contributed by atoms with E-state index in [4.69, 9.17) is 33.2 Å². The summed E-state index contributed by atoms with van der Waals surface area (Å²) in [5.74, 6) is -0.511.